The maximum absolute atomic E-state index is 11.8. The third kappa shape index (κ3) is 5.40. The molecule has 7 heteroatoms. The molecule has 2 aromatic rings. The maximum atomic E-state index is 11.8. The van der Waals surface area contributed by atoms with E-state index in [4.69, 9.17) is 14.2 Å². The molecule has 29 heavy (non-hydrogen) atoms. The summed E-state index contributed by atoms with van der Waals surface area (Å²) in [4.78, 5) is 16.3. The molecule has 0 amide bonds. The van der Waals surface area contributed by atoms with E-state index in [0.717, 1.165) is 37.6 Å². The second-order valence-electron chi connectivity index (χ2n) is 6.91. The highest BCUT2D eigenvalue weighted by atomic mass is 16.5. The molecular weight excluding hydrogens is 372 g/mol. The summed E-state index contributed by atoms with van der Waals surface area (Å²) in [6.07, 6.45) is -0.654. The number of hydrogen-bond acceptors (Lipinski definition) is 7. The zero-order chi connectivity index (χ0) is 20.6. The minimum absolute atomic E-state index is 0.112. The molecule has 0 aromatic heterocycles. The Kier molecular flexibility index (Phi) is 7.32. The van der Waals surface area contributed by atoms with Crippen LogP contribution in [0.25, 0.3) is 0 Å². The van der Waals surface area contributed by atoms with Gasteiger partial charge in [-0.15, -0.1) is 0 Å². The van der Waals surface area contributed by atoms with Crippen LogP contribution in [0.5, 0.6) is 11.5 Å². The SMILES string of the molecule is COC(=O)c1ccccc1OCC(O)CN1CCN(c2ccccc2OC)CC1. The normalized spacial score (nSPS) is 15.6. The highest BCUT2D eigenvalue weighted by Crippen LogP contribution is 2.28. The lowest BCUT2D eigenvalue weighted by Gasteiger charge is -2.37. The first-order chi connectivity index (χ1) is 14.1. The molecule has 1 atom stereocenters. The number of esters is 1. The number of ether oxygens (including phenoxy) is 3. The van der Waals surface area contributed by atoms with Gasteiger partial charge in [0, 0.05) is 32.7 Å². The number of anilines is 1. The van der Waals surface area contributed by atoms with Crippen LogP contribution in [-0.2, 0) is 4.74 Å². The number of aliphatic hydroxyl groups is 1. The van der Waals surface area contributed by atoms with Crippen LogP contribution >= 0.6 is 0 Å². The van der Waals surface area contributed by atoms with Crippen molar-refractivity contribution in [1.82, 2.24) is 4.90 Å². The average molecular weight is 400 g/mol. The Labute approximate surface area is 171 Å². The molecular formula is C22H28N2O5. The van der Waals surface area contributed by atoms with Crippen LogP contribution in [0.4, 0.5) is 5.69 Å². The Bertz CT molecular complexity index is 805. The fourth-order valence-corrected chi connectivity index (χ4v) is 3.47. The third-order valence-electron chi connectivity index (χ3n) is 4.99. The van der Waals surface area contributed by atoms with E-state index in [1.54, 1.807) is 31.4 Å². The number of hydrogen-bond donors (Lipinski definition) is 1. The van der Waals surface area contributed by atoms with E-state index in [1.165, 1.54) is 7.11 Å². The number of rotatable bonds is 8. The van der Waals surface area contributed by atoms with Crippen molar-refractivity contribution in [3.8, 4) is 11.5 Å². The molecule has 1 heterocycles. The molecule has 0 saturated carbocycles. The van der Waals surface area contributed by atoms with Crippen LogP contribution in [0.15, 0.2) is 48.5 Å². The van der Waals surface area contributed by atoms with Crippen molar-refractivity contribution in [3.05, 3.63) is 54.1 Å². The van der Waals surface area contributed by atoms with Gasteiger partial charge >= 0.3 is 5.97 Å². The Hall–Kier alpha value is -2.77. The lowest BCUT2D eigenvalue weighted by molar-refractivity contribution is 0.0563. The lowest BCUT2D eigenvalue weighted by atomic mass is 10.2. The van der Waals surface area contributed by atoms with E-state index < -0.39 is 12.1 Å². The first-order valence-electron chi connectivity index (χ1n) is 9.71. The molecule has 3 rings (SSSR count). The van der Waals surface area contributed by atoms with Gasteiger partial charge in [0.15, 0.2) is 0 Å². The second-order valence-corrected chi connectivity index (χ2v) is 6.91. The number of β-amino-alcohol motifs (C(OH)–C–C–N with tert-alkyl or cyclic N) is 1. The van der Waals surface area contributed by atoms with Crippen molar-refractivity contribution in [1.29, 1.82) is 0 Å². The molecule has 0 spiro atoms. The zero-order valence-corrected chi connectivity index (χ0v) is 16.9. The predicted molar refractivity (Wildman–Crippen MR) is 111 cm³/mol. The van der Waals surface area contributed by atoms with Gasteiger partial charge in [-0.25, -0.2) is 4.79 Å². The fraction of sp³-hybridized carbons (Fsp3) is 0.409. The molecule has 1 aliphatic heterocycles. The average Bonchev–Trinajstić information content (AvgIpc) is 2.78. The lowest BCUT2D eigenvalue weighted by Crippen LogP contribution is -2.49. The summed E-state index contributed by atoms with van der Waals surface area (Å²) in [6.45, 7) is 4.03. The zero-order valence-electron chi connectivity index (χ0n) is 16.9. The van der Waals surface area contributed by atoms with E-state index in [9.17, 15) is 9.90 Å². The van der Waals surface area contributed by atoms with Crippen molar-refractivity contribution >= 4 is 11.7 Å². The molecule has 2 aromatic carbocycles. The van der Waals surface area contributed by atoms with E-state index in [-0.39, 0.29) is 6.61 Å². The summed E-state index contributed by atoms with van der Waals surface area (Å²) < 4.78 is 15.9. The molecule has 1 aliphatic rings. The van der Waals surface area contributed by atoms with Gasteiger partial charge in [0.2, 0.25) is 0 Å². The smallest absolute Gasteiger partial charge is 0.341 e. The van der Waals surface area contributed by atoms with Gasteiger partial charge in [0.05, 0.1) is 19.9 Å². The largest absolute Gasteiger partial charge is 0.495 e. The van der Waals surface area contributed by atoms with E-state index in [2.05, 4.69) is 15.9 Å². The summed E-state index contributed by atoms with van der Waals surface area (Å²) in [5.74, 6) is 0.834. The van der Waals surface area contributed by atoms with Crippen LogP contribution in [0.1, 0.15) is 10.4 Å². The number of aliphatic hydroxyl groups excluding tert-OH is 1. The minimum Gasteiger partial charge on any atom is -0.495 e. The Morgan fingerprint density at radius 3 is 2.34 bits per heavy atom. The topological polar surface area (TPSA) is 71.5 Å². The summed E-state index contributed by atoms with van der Waals surface area (Å²) in [7, 11) is 3.02. The van der Waals surface area contributed by atoms with Gasteiger partial charge in [-0.05, 0) is 24.3 Å². The quantitative estimate of drug-likeness (QED) is 0.680. The molecule has 0 aliphatic carbocycles. The van der Waals surface area contributed by atoms with Crippen molar-refractivity contribution in [2.45, 2.75) is 6.10 Å². The van der Waals surface area contributed by atoms with Gasteiger partial charge in [-0.1, -0.05) is 24.3 Å². The van der Waals surface area contributed by atoms with E-state index >= 15 is 0 Å². The summed E-state index contributed by atoms with van der Waals surface area (Å²) in [5, 5.41) is 10.4. The fourth-order valence-electron chi connectivity index (χ4n) is 3.47. The monoisotopic (exact) mass is 400 g/mol. The number of nitrogens with zero attached hydrogens (tertiary/aromatic N) is 2. The molecule has 156 valence electrons. The number of carbonyl (C=O) groups excluding carboxylic acids is 1. The molecule has 1 fully saturated rings. The van der Waals surface area contributed by atoms with Crippen LogP contribution in [0, 0.1) is 0 Å². The predicted octanol–water partition coefficient (Wildman–Crippen LogP) is 2.04. The number of piperazine rings is 1. The minimum atomic E-state index is -0.654. The van der Waals surface area contributed by atoms with Crippen molar-refractivity contribution in [2.24, 2.45) is 0 Å². The van der Waals surface area contributed by atoms with Crippen LogP contribution in [0.3, 0.4) is 0 Å². The second kappa shape index (κ2) is 10.1. The highest BCUT2D eigenvalue weighted by molar-refractivity contribution is 5.92. The Balaban J connectivity index is 1.48. The van der Waals surface area contributed by atoms with Crippen LogP contribution < -0.4 is 14.4 Å². The van der Waals surface area contributed by atoms with Crippen molar-refractivity contribution < 1.29 is 24.1 Å². The Morgan fingerprint density at radius 1 is 1.00 bits per heavy atom. The Morgan fingerprint density at radius 2 is 1.66 bits per heavy atom. The summed E-state index contributed by atoms with van der Waals surface area (Å²) >= 11 is 0. The van der Waals surface area contributed by atoms with Crippen molar-refractivity contribution in [2.75, 3.05) is 58.5 Å². The van der Waals surface area contributed by atoms with Gasteiger partial charge in [0.25, 0.3) is 0 Å². The number of methoxy groups -OCH3 is 2. The molecule has 1 saturated heterocycles. The summed E-state index contributed by atoms with van der Waals surface area (Å²) in [6, 6.07) is 14.9. The molecule has 1 N–H and O–H groups in total. The maximum Gasteiger partial charge on any atom is 0.341 e. The van der Waals surface area contributed by atoms with Crippen LogP contribution in [0.2, 0.25) is 0 Å². The third-order valence-corrected chi connectivity index (χ3v) is 4.99. The first kappa shape index (κ1) is 21.0. The molecule has 7 nitrogen and oxygen atoms in total. The standard InChI is InChI=1S/C22H28N2O5/c1-27-21-10-6-4-8-19(21)24-13-11-23(12-14-24)15-17(25)16-29-20-9-5-3-7-18(20)22(26)28-2/h3-10,17,25H,11-16H2,1-2H3. The molecule has 1 unspecified atom stereocenters. The van der Waals surface area contributed by atoms with Gasteiger partial charge in [-0.2, -0.15) is 0 Å². The first-order valence-corrected chi connectivity index (χ1v) is 9.71. The molecule has 0 bridgehead atoms. The number of carbonyl (C=O) groups is 1. The van der Waals surface area contributed by atoms with Crippen molar-refractivity contribution in [3.63, 3.8) is 0 Å². The van der Waals surface area contributed by atoms with Gasteiger partial charge in [-0.3, -0.25) is 4.90 Å². The van der Waals surface area contributed by atoms with E-state index in [1.807, 2.05) is 18.2 Å². The number of benzene rings is 2. The van der Waals surface area contributed by atoms with E-state index in [0.29, 0.717) is 17.9 Å². The van der Waals surface area contributed by atoms with Gasteiger partial charge in [0.1, 0.15) is 29.8 Å². The number of para-hydroxylation sites is 3. The molecule has 0 radical (unpaired) electrons. The summed E-state index contributed by atoms with van der Waals surface area (Å²) in [5.41, 5.74) is 1.45. The van der Waals surface area contributed by atoms with Gasteiger partial charge < -0.3 is 24.2 Å². The highest BCUT2D eigenvalue weighted by Gasteiger charge is 2.22. The van der Waals surface area contributed by atoms with Crippen LogP contribution in [-0.4, -0.2) is 75.6 Å².